The van der Waals surface area contributed by atoms with Crippen LogP contribution in [0.1, 0.15) is 15.9 Å². The highest BCUT2D eigenvalue weighted by Gasteiger charge is 2.47. The van der Waals surface area contributed by atoms with E-state index in [1.165, 1.54) is 10.9 Å². The van der Waals surface area contributed by atoms with Gasteiger partial charge in [-0.05, 0) is 17.7 Å². The summed E-state index contributed by atoms with van der Waals surface area (Å²) in [6.07, 6.45) is -1.57. The van der Waals surface area contributed by atoms with Crippen molar-refractivity contribution in [2.24, 2.45) is 0 Å². The molecule has 11 nitrogen and oxygen atoms in total. The zero-order chi connectivity index (χ0) is 26.2. The summed E-state index contributed by atoms with van der Waals surface area (Å²) in [5, 5.41) is 26.2. The Labute approximate surface area is 198 Å². The van der Waals surface area contributed by atoms with E-state index in [9.17, 15) is 15.0 Å². The van der Waals surface area contributed by atoms with Crippen molar-refractivity contribution in [2.45, 2.75) is 31.1 Å². The molecule has 0 aliphatic carbocycles. The van der Waals surface area contributed by atoms with Crippen LogP contribution >= 0.6 is 0 Å². The second kappa shape index (κ2) is 9.14. The minimum atomic E-state index is -2.78. The van der Waals surface area contributed by atoms with E-state index in [-0.39, 0.29) is 5.65 Å². The molecule has 34 heavy (non-hydrogen) atoms. The zero-order valence-corrected chi connectivity index (χ0v) is 17.7. The number of carbonyl (C=O) groups is 1. The van der Waals surface area contributed by atoms with Crippen LogP contribution in [0.25, 0.3) is 22.6 Å². The number of amides is 1. The maximum absolute atomic E-state index is 12.4. The predicted molar refractivity (Wildman–Crippen MR) is 122 cm³/mol. The molecule has 1 saturated heterocycles. The number of hydrogen-bond donors (Lipinski definition) is 4. The summed E-state index contributed by atoms with van der Waals surface area (Å²) in [5.74, 6) is -0.340. The fourth-order valence-electron chi connectivity index (χ4n) is 3.81. The van der Waals surface area contributed by atoms with Gasteiger partial charge in [0.1, 0.15) is 12.2 Å². The van der Waals surface area contributed by atoms with Gasteiger partial charge in [-0.3, -0.25) is 14.3 Å². The fraction of sp³-hybridized carbons (Fsp3) is 0.261. The van der Waals surface area contributed by atoms with Crippen LogP contribution in [-0.4, -0.2) is 65.9 Å². The van der Waals surface area contributed by atoms with Crippen molar-refractivity contribution in [3.05, 3.63) is 66.7 Å². The molecule has 0 unspecified atom stereocenters. The van der Waals surface area contributed by atoms with Crippen molar-refractivity contribution in [3.63, 3.8) is 0 Å². The van der Waals surface area contributed by atoms with E-state index < -0.39 is 37.4 Å². The van der Waals surface area contributed by atoms with Gasteiger partial charge in [-0.25, -0.2) is 15.0 Å². The Morgan fingerprint density at radius 1 is 1.18 bits per heavy atom. The number of benzene rings is 1. The largest absolute Gasteiger partial charge is 0.387 e. The van der Waals surface area contributed by atoms with Crippen LogP contribution in [0.2, 0.25) is 0 Å². The van der Waals surface area contributed by atoms with Crippen LogP contribution < -0.4 is 10.6 Å². The highest BCUT2D eigenvalue weighted by atomic mass is 16.6. The maximum atomic E-state index is 12.4. The lowest BCUT2D eigenvalue weighted by Crippen LogP contribution is -2.41. The van der Waals surface area contributed by atoms with Crippen LogP contribution in [0.3, 0.4) is 0 Å². The second-order valence-corrected chi connectivity index (χ2v) is 7.72. The van der Waals surface area contributed by atoms with Gasteiger partial charge in [0.05, 0.1) is 6.33 Å². The zero-order valence-electron chi connectivity index (χ0n) is 20.7. The highest BCUT2D eigenvalue weighted by molar-refractivity contribution is 5.85. The summed E-state index contributed by atoms with van der Waals surface area (Å²) in [6, 6.07) is 13.2. The standard InChI is InChI=1S/C23H23N7O4/c1-24-22(33)18-16(31)17(32)23(34-18)30-12-27-15-20(26-10-13-6-3-2-4-7-13)28-19(29-21(15)30)14-8-5-9-25-11-14/h2-9,11-12,16-18,23,31-32H,10H2,1H3,(H,24,33)(H,26,28,29)/t16-,17+,18-,23+/m0/s1/i1D3. The molecule has 4 aromatic rings. The number of aromatic nitrogens is 5. The van der Waals surface area contributed by atoms with Crippen LogP contribution in [0.4, 0.5) is 5.82 Å². The number of carbonyl (C=O) groups excluding carboxylic acids is 1. The number of aliphatic hydroxyl groups is 2. The lowest BCUT2D eigenvalue weighted by Gasteiger charge is -2.17. The first kappa shape index (κ1) is 18.5. The number of pyridine rings is 1. The number of ether oxygens (including phenoxy) is 1. The quantitative estimate of drug-likeness (QED) is 0.326. The van der Waals surface area contributed by atoms with Gasteiger partial charge < -0.3 is 25.6 Å². The van der Waals surface area contributed by atoms with Crippen molar-refractivity contribution in [1.29, 1.82) is 0 Å². The number of rotatable bonds is 6. The molecule has 174 valence electrons. The summed E-state index contributed by atoms with van der Waals surface area (Å²) < 4.78 is 28.7. The first-order chi connectivity index (χ1) is 17.7. The predicted octanol–water partition coefficient (Wildman–Crippen LogP) is 0.866. The third kappa shape index (κ3) is 3.96. The van der Waals surface area contributed by atoms with Gasteiger partial charge in [0, 0.05) is 35.6 Å². The van der Waals surface area contributed by atoms with Gasteiger partial charge in [0.15, 0.2) is 35.1 Å². The average molecular weight is 465 g/mol. The maximum Gasteiger partial charge on any atom is 0.251 e. The summed E-state index contributed by atoms with van der Waals surface area (Å²) in [4.78, 5) is 30.1. The topological polar surface area (TPSA) is 147 Å². The Bertz CT molecular complexity index is 1400. The number of fused-ring (bicyclic) bond motifs is 1. The Morgan fingerprint density at radius 3 is 2.79 bits per heavy atom. The monoisotopic (exact) mass is 464 g/mol. The molecule has 3 aromatic heterocycles. The van der Waals surface area contributed by atoms with Crippen molar-refractivity contribution in [3.8, 4) is 11.4 Å². The van der Waals surface area contributed by atoms with Crippen molar-refractivity contribution >= 4 is 22.9 Å². The molecule has 0 saturated carbocycles. The van der Waals surface area contributed by atoms with Crippen LogP contribution in [0.5, 0.6) is 0 Å². The van der Waals surface area contributed by atoms with Crippen LogP contribution in [0, 0.1) is 0 Å². The van der Waals surface area contributed by atoms with Gasteiger partial charge in [0.2, 0.25) is 0 Å². The molecule has 4 N–H and O–H groups in total. The minimum absolute atomic E-state index is 0.262. The van der Waals surface area contributed by atoms with E-state index in [0.29, 0.717) is 29.3 Å². The molecule has 1 amide bonds. The summed E-state index contributed by atoms with van der Waals surface area (Å²) in [7, 11) is 0. The molecule has 1 fully saturated rings. The second-order valence-electron chi connectivity index (χ2n) is 7.72. The lowest BCUT2D eigenvalue weighted by atomic mass is 10.1. The van der Waals surface area contributed by atoms with E-state index >= 15 is 0 Å². The normalized spacial score (nSPS) is 23.8. The summed E-state index contributed by atoms with van der Waals surface area (Å²) >= 11 is 0. The number of aliphatic hydroxyl groups excluding tert-OH is 2. The molecule has 11 heteroatoms. The van der Waals surface area contributed by atoms with E-state index in [1.807, 2.05) is 30.3 Å². The number of anilines is 1. The fourth-order valence-corrected chi connectivity index (χ4v) is 3.81. The number of likely N-dealkylation sites (N-methyl/N-ethyl adjacent to an activating group) is 1. The third-order valence-corrected chi connectivity index (χ3v) is 5.54. The van der Waals surface area contributed by atoms with Gasteiger partial charge in [-0.1, -0.05) is 30.3 Å². The lowest BCUT2D eigenvalue weighted by molar-refractivity contribution is -0.137. The Morgan fingerprint density at radius 2 is 2.03 bits per heavy atom. The van der Waals surface area contributed by atoms with E-state index in [0.717, 1.165) is 5.56 Å². The molecule has 0 radical (unpaired) electrons. The molecular weight excluding hydrogens is 438 g/mol. The van der Waals surface area contributed by atoms with E-state index in [2.05, 4.69) is 25.3 Å². The van der Waals surface area contributed by atoms with Gasteiger partial charge in [-0.2, -0.15) is 0 Å². The number of nitrogens with one attached hydrogen (secondary N) is 2. The molecule has 4 atom stereocenters. The molecule has 1 aliphatic rings. The van der Waals surface area contributed by atoms with Gasteiger partial charge in [-0.15, -0.1) is 0 Å². The smallest absolute Gasteiger partial charge is 0.251 e. The molecule has 4 heterocycles. The Balaban J connectivity index is 1.52. The van der Waals surface area contributed by atoms with Crippen molar-refractivity contribution in [2.75, 3.05) is 12.3 Å². The summed E-state index contributed by atoms with van der Waals surface area (Å²) in [6.45, 7) is -2.33. The Kier molecular flexibility index (Phi) is 4.97. The van der Waals surface area contributed by atoms with Gasteiger partial charge >= 0.3 is 0 Å². The third-order valence-electron chi connectivity index (χ3n) is 5.54. The Hall–Kier alpha value is -3.93. The van der Waals surface area contributed by atoms with Crippen LogP contribution in [-0.2, 0) is 16.1 Å². The van der Waals surface area contributed by atoms with Crippen molar-refractivity contribution in [1.82, 2.24) is 29.8 Å². The molecule has 5 rings (SSSR count). The average Bonchev–Trinajstić information content (AvgIpc) is 3.43. The molecule has 0 spiro atoms. The number of nitrogens with zero attached hydrogens (tertiary/aromatic N) is 5. The molecule has 1 aliphatic heterocycles. The molecular formula is C23H23N7O4. The highest BCUT2D eigenvalue weighted by Crippen LogP contribution is 2.33. The first-order valence-corrected chi connectivity index (χ1v) is 10.5. The number of hydrogen-bond acceptors (Lipinski definition) is 9. The molecule has 0 bridgehead atoms. The first-order valence-electron chi connectivity index (χ1n) is 12.0. The number of imidazole rings is 1. The molecule has 1 aromatic carbocycles. The minimum Gasteiger partial charge on any atom is -0.387 e. The van der Waals surface area contributed by atoms with E-state index in [4.69, 9.17) is 8.85 Å². The van der Waals surface area contributed by atoms with E-state index in [1.54, 1.807) is 29.8 Å². The summed E-state index contributed by atoms with van der Waals surface area (Å²) in [5.41, 5.74) is 2.27. The van der Waals surface area contributed by atoms with Crippen LogP contribution in [0.15, 0.2) is 61.2 Å². The SMILES string of the molecule is [2H]C([2H])([2H])NC(=O)[C@H]1O[C@@H](n2cnc3c(NCc4ccccc4)nc(-c4cccnc4)nc32)[C@H](O)[C@@H]1O. The van der Waals surface area contributed by atoms with Crippen molar-refractivity contribution < 1.29 is 23.9 Å². The van der Waals surface area contributed by atoms with Gasteiger partial charge in [0.25, 0.3) is 5.91 Å².